The number of ether oxygens (including phenoxy) is 1. The summed E-state index contributed by atoms with van der Waals surface area (Å²) >= 11 is 0. The Morgan fingerprint density at radius 3 is 2.34 bits per heavy atom. The summed E-state index contributed by atoms with van der Waals surface area (Å²) in [6, 6.07) is -1.04. The highest BCUT2D eigenvalue weighted by molar-refractivity contribution is 5.90. The fourth-order valence-electron chi connectivity index (χ4n) is 4.19. The number of hydrogen-bond donors (Lipinski definition) is 1. The number of piperidine rings is 1. The van der Waals surface area contributed by atoms with Crippen molar-refractivity contribution in [1.82, 2.24) is 15.1 Å². The molecule has 0 aromatic rings. The molecular formula is C25H45N3O4. The van der Waals surface area contributed by atoms with Crippen LogP contribution in [0.3, 0.4) is 0 Å². The minimum Gasteiger partial charge on any atom is -0.466 e. The van der Waals surface area contributed by atoms with Gasteiger partial charge in [-0.3, -0.25) is 19.3 Å². The van der Waals surface area contributed by atoms with Gasteiger partial charge in [0.05, 0.1) is 25.1 Å². The molecule has 1 saturated heterocycles. The molecule has 0 saturated carbocycles. The zero-order valence-electron chi connectivity index (χ0n) is 21.7. The maximum atomic E-state index is 13.6. The van der Waals surface area contributed by atoms with Gasteiger partial charge in [0.25, 0.3) is 0 Å². The van der Waals surface area contributed by atoms with Gasteiger partial charge in [-0.25, -0.2) is 0 Å². The Kier molecular flexibility index (Phi) is 10.9. The van der Waals surface area contributed by atoms with Gasteiger partial charge < -0.3 is 15.0 Å². The molecule has 1 aliphatic heterocycles. The van der Waals surface area contributed by atoms with E-state index in [1.54, 1.807) is 18.9 Å². The van der Waals surface area contributed by atoms with E-state index < -0.39 is 11.5 Å². The van der Waals surface area contributed by atoms with Crippen molar-refractivity contribution in [3.8, 4) is 0 Å². The molecule has 2 amide bonds. The molecule has 7 heteroatoms. The number of likely N-dealkylation sites (tertiary alicyclic amines) is 1. The van der Waals surface area contributed by atoms with E-state index in [0.717, 1.165) is 31.4 Å². The van der Waals surface area contributed by atoms with E-state index in [4.69, 9.17) is 4.74 Å². The standard InChI is InChI=1S/C25H45N3O4/c1-10-32-21(29)16-18(4)15-20(17(2)3)28(9)24(31)22(25(5,6)7)26-23(30)19-13-11-12-14-27(19)8/h15,17,19-20,22H,10-14,16H2,1-9H3,(H,26,30)/t19-,20+,22+/m0/s1. The predicted molar refractivity (Wildman–Crippen MR) is 128 cm³/mol. The molecular weight excluding hydrogens is 406 g/mol. The van der Waals surface area contributed by atoms with Gasteiger partial charge in [0.2, 0.25) is 11.8 Å². The van der Waals surface area contributed by atoms with Crippen molar-refractivity contribution in [2.24, 2.45) is 11.3 Å². The van der Waals surface area contributed by atoms with Gasteiger partial charge in [-0.2, -0.15) is 0 Å². The summed E-state index contributed by atoms with van der Waals surface area (Å²) in [5.41, 5.74) is 0.418. The number of likely N-dealkylation sites (N-methyl/N-ethyl adjacent to an activating group) is 2. The SMILES string of the molecule is CCOC(=O)CC(C)=C[C@H](C(C)C)N(C)C(=O)[C@@H](NC(=O)[C@@H]1CCCCN1C)C(C)(C)C. The molecule has 3 atom stereocenters. The molecule has 0 unspecified atom stereocenters. The minimum absolute atomic E-state index is 0.0796. The van der Waals surface area contributed by atoms with E-state index >= 15 is 0 Å². The zero-order chi connectivity index (χ0) is 24.6. The van der Waals surface area contributed by atoms with Gasteiger partial charge in [0.1, 0.15) is 6.04 Å². The molecule has 1 heterocycles. The fourth-order valence-corrected chi connectivity index (χ4v) is 4.19. The molecule has 32 heavy (non-hydrogen) atoms. The number of esters is 1. The van der Waals surface area contributed by atoms with Gasteiger partial charge >= 0.3 is 5.97 Å². The second kappa shape index (κ2) is 12.4. The van der Waals surface area contributed by atoms with Gasteiger partial charge in [-0.1, -0.05) is 52.7 Å². The van der Waals surface area contributed by atoms with E-state index in [-0.39, 0.29) is 42.2 Å². The summed E-state index contributed by atoms with van der Waals surface area (Å²) < 4.78 is 5.04. The van der Waals surface area contributed by atoms with Crippen LogP contribution in [0.2, 0.25) is 0 Å². The Labute approximate surface area is 194 Å². The molecule has 1 fully saturated rings. The first-order chi connectivity index (χ1) is 14.8. The highest BCUT2D eigenvalue weighted by Gasteiger charge is 2.38. The first-order valence-corrected chi connectivity index (χ1v) is 11.9. The summed E-state index contributed by atoms with van der Waals surface area (Å²) in [5.74, 6) is -0.330. The van der Waals surface area contributed by atoms with Crippen LogP contribution >= 0.6 is 0 Å². The van der Waals surface area contributed by atoms with Crippen molar-refractivity contribution in [3.05, 3.63) is 11.6 Å². The molecule has 0 spiro atoms. The van der Waals surface area contributed by atoms with Crippen LogP contribution in [0.1, 0.15) is 74.1 Å². The minimum atomic E-state index is -0.643. The van der Waals surface area contributed by atoms with Crippen LogP contribution in [0.15, 0.2) is 11.6 Å². The van der Waals surface area contributed by atoms with Crippen molar-refractivity contribution in [3.63, 3.8) is 0 Å². The van der Waals surface area contributed by atoms with Crippen LogP contribution in [0.25, 0.3) is 0 Å². The number of rotatable bonds is 9. The number of carbonyl (C=O) groups excluding carboxylic acids is 3. The number of amides is 2. The monoisotopic (exact) mass is 451 g/mol. The Morgan fingerprint density at radius 1 is 1.22 bits per heavy atom. The maximum absolute atomic E-state index is 13.6. The maximum Gasteiger partial charge on any atom is 0.309 e. The lowest BCUT2D eigenvalue weighted by molar-refractivity contribution is -0.142. The zero-order valence-corrected chi connectivity index (χ0v) is 21.7. The van der Waals surface area contributed by atoms with Gasteiger partial charge in [-0.15, -0.1) is 0 Å². The average molecular weight is 452 g/mol. The Morgan fingerprint density at radius 2 is 1.84 bits per heavy atom. The van der Waals surface area contributed by atoms with Gasteiger partial charge in [0, 0.05) is 7.05 Å². The third-order valence-corrected chi connectivity index (χ3v) is 6.13. The van der Waals surface area contributed by atoms with E-state index in [9.17, 15) is 14.4 Å². The molecule has 1 aliphatic rings. The average Bonchev–Trinajstić information content (AvgIpc) is 2.68. The van der Waals surface area contributed by atoms with E-state index in [1.165, 1.54) is 0 Å². The molecule has 0 aromatic carbocycles. The molecule has 1 rings (SSSR count). The summed E-state index contributed by atoms with van der Waals surface area (Å²) in [6.45, 7) is 14.9. The largest absolute Gasteiger partial charge is 0.466 e. The molecule has 0 aliphatic carbocycles. The summed E-state index contributed by atoms with van der Waals surface area (Å²) in [4.78, 5) is 42.3. The van der Waals surface area contributed by atoms with E-state index in [2.05, 4.69) is 10.2 Å². The second-order valence-electron chi connectivity index (χ2n) is 10.5. The number of carbonyl (C=O) groups is 3. The highest BCUT2D eigenvalue weighted by atomic mass is 16.5. The third kappa shape index (κ3) is 8.23. The topological polar surface area (TPSA) is 79.0 Å². The van der Waals surface area contributed by atoms with Crippen LogP contribution in [-0.4, -0.2) is 73.0 Å². The molecule has 0 radical (unpaired) electrons. The summed E-state index contributed by atoms with van der Waals surface area (Å²) in [7, 11) is 3.74. The van der Waals surface area contributed by atoms with Crippen molar-refractivity contribution >= 4 is 17.8 Å². The van der Waals surface area contributed by atoms with E-state index in [0.29, 0.717) is 6.61 Å². The molecule has 1 N–H and O–H groups in total. The first kappa shape index (κ1) is 28.1. The van der Waals surface area contributed by atoms with Crippen LogP contribution in [-0.2, 0) is 19.1 Å². The number of nitrogens with zero attached hydrogens (tertiary/aromatic N) is 2. The van der Waals surface area contributed by atoms with Crippen molar-refractivity contribution in [2.75, 3.05) is 27.2 Å². The lowest BCUT2D eigenvalue weighted by Gasteiger charge is -2.39. The lowest BCUT2D eigenvalue weighted by atomic mass is 9.84. The van der Waals surface area contributed by atoms with Crippen molar-refractivity contribution in [1.29, 1.82) is 0 Å². The Balaban J connectivity index is 3.05. The summed E-state index contributed by atoms with van der Waals surface area (Å²) in [5, 5.41) is 3.07. The van der Waals surface area contributed by atoms with Crippen LogP contribution in [0.5, 0.6) is 0 Å². The smallest absolute Gasteiger partial charge is 0.309 e. The van der Waals surface area contributed by atoms with Gasteiger partial charge in [-0.05, 0) is 51.6 Å². The molecule has 184 valence electrons. The van der Waals surface area contributed by atoms with Gasteiger partial charge in [0.15, 0.2) is 0 Å². The molecule has 7 nitrogen and oxygen atoms in total. The number of nitrogens with one attached hydrogen (secondary N) is 1. The fraction of sp³-hybridized carbons (Fsp3) is 0.800. The highest BCUT2D eigenvalue weighted by Crippen LogP contribution is 2.25. The van der Waals surface area contributed by atoms with E-state index in [1.807, 2.05) is 54.7 Å². The van der Waals surface area contributed by atoms with Crippen LogP contribution < -0.4 is 5.32 Å². The third-order valence-electron chi connectivity index (χ3n) is 6.13. The van der Waals surface area contributed by atoms with Crippen molar-refractivity contribution < 1.29 is 19.1 Å². The van der Waals surface area contributed by atoms with Crippen LogP contribution in [0, 0.1) is 11.3 Å². The molecule has 0 bridgehead atoms. The predicted octanol–water partition coefficient (Wildman–Crippen LogP) is 3.38. The Bertz CT molecular complexity index is 681. The first-order valence-electron chi connectivity index (χ1n) is 11.9. The lowest BCUT2D eigenvalue weighted by Crippen LogP contribution is -2.59. The van der Waals surface area contributed by atoms with Crippen LogP contribution in [0.4, 0.5) is 0 Å². The second-order valence-corrected chi connectivity index (χ2v) is 10.5. The summed E-state index contributed by atoms with van der Waals surface area (Å²) in [6.07, 6.45) is 5.10. The number of hydrogen-bond acceptors (Lipinski definition) is 5. The molecule has 0 aromatic heterocycles. The van der Waals surface area contributed by atoms with Crippen molar-refractivity contribution in [2.45, 2.75) is 92.3 Å². The quantitative estimate of drug-likeness (QED) is 0.429. The Hall–Kier alpha value is -1.89. The normalized spacial score (nSPS) is 19.9.